The van der Waals surface area contributed by atoms with Crippen LogP contribution in [0.3, 0.4) is 0 Å². The molecule has 2 aromatic carbocycles. The fraction of sp³-hybridized carbons (Fsp3) is 0.300. The molecular formula is C20H26FeSi2. The average Bonchev–Trinajstić information content (AvgIpc) is 3.07. The second-order valence-electron chi connectivity index (χ2n) is 7.35. The zero-order chi connectivity index (χ0) is 16.6. The summed E-state index contributed by atoms with van der Waals surface area (Å²) in [5.74, 6) is 6.35. The minimum absolute atomic E-state index is 0. The molecule has 122 valence electrons. The Kier molecular flexibility index (Phi) is 9.29. The minimum atomic E-state index is -1.17. The van der Waals surface area contributed by atoms with E-state index in [1.165, 1.54) is 0 Å². The molecule has 0 aromatic heterocycles. The molecule has 0 fully saturated rings. The zero-order valence-electron chi connectivity index (χ0n) is 15.0. The van der Waals surface area contributed by atoms with E-state index in [9.17, 15) is 0 Å². The summed E-state index contributed by atoms with van der Waals surface area (Å²) in [7, 11) is -2.35. The third-order valence-electron chi connectivity index (χ3n) is 2.49. The molecule has 23 heavy (non-hydrogen) atoms. The second-order valence-corrected chi connectivity index (χ2v) is 16.8. The Bertz CT molecular complexity index is 596. The van der Waals surface area contributed by atoms with Crippen LogP contribution in [0.15, 0.2) is 48.5 Å². The Balaban J connectivity index is 0.000000403. The first-order valence-corrected chi connectivity index (χ1v) is 14.7. The SMILES string of the molecule is C[Si](C)(C)C#C[c-]1cccc1.C[Si](C)(C)C#C[c-]1cccc1.[Fe+2]. The maximum atomic E-state index is 3.31. The summed E-state index contributed by atoms with van der Waals surface area (Å²) in [5, 5.41) is 0. The predicted octanol–water partition coefficient (Wildman–Crippen LogP) is 5.27. The Labute approximate surface area is 154 Å². The van der Waals surface area contributed by atoms with E-state index in [0.29, 0.717) is 0 Å². The van der Waals surface area contributed by atoms with Crippen molar-refractivity contribution in [3.8, 4) is 22.9 Å². The van der Waals surface area contributed by atoms with Crippen LogP contribution in [0, 0.1) is 22.9 Å². The number of hydrogen-bond acceptors (Lipinski definition) is 0. The van der Waals surface area contributed by atoms with Crippen molar-refractivity contribution in [1.82, 2.24) is 0 Å². The Hall–Kier alpha value is -1.23. The fourth-order valence-electron chi connectivity index (χ4n) is 1.43. The van der Waals surface area contributed by atoms with E-state index in [2.05, 4.69) is 62.2 Å². The molecule has 0 saturated heterocycles. The third kappa shape index (κ3) is 11.9. The molecule has 2 rings (SSSR count). The second kappa shape index (κ2) is 9.81. The van der Waals surface area contributed by atoms with Crippen molar-refractivity contribution in [2.45, 2.75) is 39.3 Å². The van der Waals surface area contributed by atoms with Gasteiger partial charge in [0, 0.05) is 0 Å². The van der Waals surface area contributed by atoms with Gasteiger partial charge in [-0.2, -0.15) is 36.1 Å². The van der Waals surface area contributed by atoms with E-state index in [4.69, 9.17) is 0 Å². The Morgan fingerprint density at radius 2 is 0.826 bits per heavy atom. The molecule has 0 aliphatic heterocycles. The van der Waals surface area contributed by atoms with E-state index in [-0.39, 0.29) is 17.1 Å². The van der Waals surface area contributed by atoms with Crippen LogP contribution >= 0.6 is 0 Å². The molecule has 0 amide bonds. The third-order valence-corrected chi connectivity index (χ3v) is 4.24. The normalized spacial score (nSPS) is 10.0. The monoisotopic (exact) mass is 378 g/mol. The molecule has 0 radical (unpaired) electrons. The maximum absolute atomic E-state index is 3.31. The first-order chi connectivity index (χ1) is 10.2. The van der Waals surface area contributed by atoms with Crippen molar-refractivity contribution in [3.63, 3.8) is 0 Å². The van der Waals surface area contributed by atoms with Crippen molar-refractivity contribution >= 4 is 16.1 Å². The maximum Gasteiger partial charge on any atom is 2.00 e. The van der Waals surface area contributed by atoms with Gasteiger partial charge < -0.3 is 0 Å². The molecule has 0 spiro atoms. The topological polar surface area (TPSA) is 0 Å². The minimum Gasteiger partial charge on any atom is -0.224 e. The van der Waals surface area contributed by atoms with E-state index >= 15 is 0 Å². The van der Waals surface area contributed by atoms with Gasteiger partial charge in [-0.15, -0.1) is 24.3 Å². The standard InChI is InChI=1S/2C10H13Si.Fe/c2*1-11(2,3)9-8-10-6-4-5-7-10;/h2*4-7H,1-3H3;/q2*-1;+2. The van der Waals surface area contributed by atoms with Crippen LogP contribution in [0.2, 0.25) is 39.3 Å². The van der Waals surface area contributed by atoms with Crippen LogP contribution in [0.4, 0.5) is 0 Å². The van der Waals surface area contributed by atoms with Crippen molar-refractivity contribution in [1.29, 1.82) is 0 Å². The van der Waals surface area contributed by atoms with Crippen LogP contribution in [-0.4, -0.2) is 16.1 Å². The van der Waals surface area contributed by atoms with Gasteiger partial charge in [-0.05, 0) is 0 Å². The molecule has 0 nitrogen and oxygen atoms in total. The first kappa shape index (κ1) is 21.8. The van der Waals surface area contributed by atoms with Crippen molar-refractivity contribution in [2.24, 2.45) is 0 Å². The molecule has 0 atom stereocenters. The molecule has 2 aromatic rings. The molecule has 0 aliphatic carbocycles. The molecule has 0 unspecified atom stereocenters. The van der Waals surface area contributed by atoms with E-state index in [1.54, 1.807) is 0 Å². The van der Waals surface area contributed by atoms with Crippen LogP contribution in [0.25, 0.3) is 0 Å². The number of hydrogen-bond donors (Lipinski definition) is 0. The molecule has 0 bridgehead atoms. The smallest absolute Gasteiger partial charge is 0.224 e. The quantitative estimate of drug-likeness (QED) is 0.333. The van der Waals surface area contributed by atoms with Crippen LogP contribution in [0.1, 0.15) is 11.1 Å². The predicted molar refractivity (Wildman–Crippen MR) is 105 cm³/mol. The van der Waals surface area contributed by atoms with Crippen LogP contribution in [0.5, 0.6) is 0 Å². The molecule has 0 saturated carbocycles. The van der Waals surface area contributed by atoms with Crippen LogP contribution < -0.4 is 0 Å². The van der Waals surface area contributed by atoms with Gasteiger partial charge in [0.05, 0.1) is 16.1 Å². The Morgan fingerprint density at radius 1 is 0.565 bits per heavy atom. The molecule has 0 aliphatic rings. The zero-order valence-corrected chi connectivity index (χ0v) is 18.1. The van der Waals surface area contributed by atoms with Gasteiger partial charge in [0.15, 0.2) is 0 Å². The molecule has 0 N–H and O–H groups in total. The van der Waals surface area contributed by atoms with E-state index in [0.717, 1.165) is 11.1 Å². The van der Waals surface area contributed by atoms with Gasteiger partial charge in [0.2, 0.25) is 0 Å². The van der Waals surface area contributed by atoms with Gasteiger partial charge in [-0.1, -0.05) is 50.4 Å². The summed E-state index contributed by atoms with van der Waals surface area (Å²) in [6.45, 7) is 13.5. The van der Waals surface area contributed by atoms with Gasteiger partial charge >= 0.3 is 17.1 Å². The summed E-state index contributed by atoms with van der Waals surface area (Å²) in [6.07, 6.45) is 0. The molecule has 0 heterocycles. The average molecular weight is 378 g/mol. The molecular weight excluding hydrogens is 352 g/mol. The van der Waals surface area contributed by atoms with Gasteiger partial charge in [-0.3, -0.25) is 0 Å². The first-order valence-electron chi connectivity index (χ1n) is 7.65. The van der Waals surface area contributed by atoms with Gasteiger partial charge in [0.1, 0.15) is 0 Å². The summed E-state index contributed by atoms with van der Waals surface area (Å²) in [4.78, 5) is 0. The van der Waals surface area contributed by atoms with Crippen molar-refractivity contribution in [3.05, 3.63) is 59.7 Å². The van der Waals surface area contributed by atoms with Gasteiger partial charge in [0.25, 0.3) is 0 Å². The van der Waals surface area contributed by atoms with Crippen LogP contribution in [-0.2, 0) is 17.1 Å². The Morgan fingerprint density at radius 3 is 1.04 bits per heavy atom. The van der Waals surface area contributed by atoms with Crippen molar-refractivity contribution < 1.29 is 17.1 Å². The van der Waals surface area contributed by atoms with E-state index < -0.39 is 16.1 Å². The summed E-state index contributed by atoms with van der Waals surface area (Å²) in [5.41, 5.74) is 8.92. The van der Waals surface area contributed by atoms with E-state index in [1.807, 2.05) is 48.5 Å². The molecule has 3 heteroatoms. The largest absolute Gasteiger partial charge is 2.00 e. The van der Waals surface area contributed by atoms with Gasteiger partial charge in [-0.25, -0.2) is 11.1 Å². The fourth-order valence-corrected chi connectivity index (χ4v) is 2.47. The summed E-state index contributed by atoms with van der Waals surface area (Å²) in [6, 6.07) is 16.3. The summed E-state index contributed by atoms with van der Waals surface area (Å²) < 4.78 is 0. The summed E-state index contributed by atoms with van der Waals surface area (Å²) >= 11 is 0. The van der Waals surface area contributed by atoms with Crippen molar-refractivity contribution in [2.75, 3.05) is 0 Å². The number of rotatable bonds is 0.